The summed E-state index contributed by atoms with van der Waals surface area (Å²) in [6, 6.07) is 0. The molecule has 2 N–H and O–H groups in total. The first-order valence-corrected chi connectivity index (χ1v) is 8.27. The summed E-state index contributed by atoms with van der Waals surface area (Å²) in [5, 5.41) is 19.6. The first-order valence-electron chi connectivity index (χ1n) is 6.24. The summed E-state index contributed by atoms with van der Waals surface area (Å²) in [6.45, 7) is 4.16. The van der Waals surface area contributed by atoms with Crippen LogP contribution >= 0.6 is 23.1 Å². The van der Waals surface area contributed by atoms with Gasteiger partial charge in [0.15, 0.2) is 5.82 Å². The van der Waals surface area contributed by atoms with Crippen molar-refractivity contribution in [2.75, 3.05) is 12.3 Å². The van der Waals surface area contributed by atoms with Gasteiger partial charge in [0, 0.05) is 29.6 Å². The highest BCUT2D eigenvalue weighted by molar-refractivity contribution is 7.98. The summed E-state index contributed by atoms with van der Waals surface area (Å²) in [4.78, 5) is 14.3. The minimum atomic E-state index is -0.650. The number of hydrogen-bond acceptors (Lipinski definition) is 7. The maximum atomic E-state index is 10.6. The number of nitrogens with one attached hydrogen (secondary N) is 2. The third-order valence-electron chi connectivity index (χ3n) is 2.31. The molecule has 0 amide bonds. The fraction of sp³-hybridized carbons (Fsp3) is 0.462. The van der Waals surface area contributed by atoms with E-state index in [9.17, 15) is 10.1 Å². The Hall–Kier alpha value is -1.72. The molecule has 0 atom stereocenters. The molecule has 0 aliphatic heterocycles. The van der Waals surface area contributed by atoms with E-state index in [-0.39, 0.29) is 0 Å². The van der Waals surface area contributed by atoms with Gasteiger partial charge in [-0.2, -0.15) is 11.8 Å². The van der Waals surface area contributed by atoms with Crippen molar-refractivity contribution in [2.24, 2.45) is 0 Å². The Morgan fingerprint density at radius 1 is 1.71 bits per heavy atom. The Morgan fingerprint density at radius 3 is 3.05 bits per heavy atom. The summed E-state index contributed by atoms with van der Waals surface area (Å²) in [5.41, 5.74) is -0.650. The van der Waals surface area contributed by atoms with E-state index in [1.54, 1.807) is 43.1 Å². The predicted octanol–water partition coefficient (Wildman–Crippen LogP) is 2.04. The van der Waals surface area contributed by atoms with Crippen molar-refractivity contribution in [2.45, 2.75) is 25.1 Å². The van der Waals surface area contributed by atoms with Crippen molar-refractivity contribution < 1.29 is 4.92 Å². The molecule has 21 heavy (non-hydrogen) atoms. The summed E-state index contributed by atoms with van der Waals surface area (Å²) in [5.74, 6) is 4.51. The summed E-state index contributed by atoms with van der Waals surface area (Å²) in [6.07, 6.45) is 8.04. The van der Waals surface area contributed by atoms with Crippen molar-refractivity contribution in [1.82, 2.24) is 15.6 Å². The lowest BCUT2D eigenvalue weighted by Gasteiger charge is -2.22. The van der Waals surface area contributed by atoms with Crippen LogP contribution in [0.4, 0.5) is 0 Å². The molecular formula is C13H18N4O2S2. The van der Waals surface area contributed by atoms with E-state index in [1.165, 1.54) is 0 Å². The number of rotatable bonds is 9. The Bertz CT molecular complexity index is 521. The SMILES string of the molecule is C#CC(C)(C)NC(=C[N+](=O)[O-])NCCSCc1nccs1. The fourth-order valence-electron chi connectivity index (χ4n) is 1.34. The van der Waals surface area contributed by atoms with Crippen molar-refractivity contribution in [3.8, 4) is 12.3 Å². The highest BCUT2D eigenvalue weighted by Gasteiger charge is 2.16. The average Bonchev–Trinajstić information content (AvgIpc) is 2.90. The lowest BCUT2D eigenvalue weighted by Crippen LogP contribution is -2.42. The summed E-state index contributed by atoms with van der Waals surface area (Å²) < 4.78 is 0. The van der Waals surface area contributed by atoms with Gasteiger partial charge in [-0.05, 0) is 13.8 Å². The number of nitrogens with zero attached hydrogens (tertiary/aromatic N) is 2. The van der Waals surface area contributed by atoms with E-state index in [4.69, 9.17) is 6.42 Å². The minimum Gasteiger partial charge on any atom is -0.366 e. The van der Waals surface area contributed by atoms with Gasteiger partial charge < -0.3 is 10.6 Å². The molecule has 0 radical (unpaired) electrons. The van der Waals surface area contributed by atoms with Crippen molar-refractivity contribution in [3.63, 3.8) is 0 Å². The molecule has 0 saturated carbocycles. The summed E-state index contributed by atoms with van der Waals surface area (Å²) >= 11 is 3.33. The van der Waals surface area contributed by atoms with Crippen LogP contribution in [0, 0.1) is 22.5 Å². The van der Waals surface area contributed by atoms with Crippen LogP contribution < -0.4 is 10.6 Å². The first-order chi connectivity index (χ1) is 9.93. The van der Waals surface area contributed by atoms with Gasteiger partial charge in [-0.1, -0.05) is 5.92 Å². The van der Waals surface area contributed by atoms with Gasteiger partial charge in [-0.3, -0.25) is 10.1 Å². The van der Waals surface area contributed by atoms with Crippen molar-refractivity contribution in [3.05, 3.63) is 38.7 Å². The zero-order valence-corrected chi connectivity index (χ0v) is 13.6. The largest absolute Gasteiger partial charge is 0.366 e. The van der Waals surface area contributed by atoms with Crippen molar-refractivity contribution >= 4 is 23.1 Å². The van der Waals surface area contributed by atoms with E-state index >= 15 is 0 Å². The normalized spacial score (nSPS) is 11.8. The Kier molecular flexibility index (Phi) is 7.05. The van der Waals surface area contributed by atoms with Crippen LogP contribution in [-0.4, -0.2) is 27.7 Å². The molecule has 114 valence electrons. The number of terminal acetylenes is 1. The number of aromatic nitrogens is 1. The van der Waals surface area contributed by atoms with Crippen LogP contribution in [0.15, 0.2) is 23.6 Å². The van der Waals surface area contributed by atoms with E-state index in [2.05, 4.69) is 21.5 Å². The van der Waals surface area contributed by atoms with E-state index in [0.717, 1.165) is 22.7 Å². The third-order valence-corrected chi connectivity index (χ3v) is 4.25. The minimum absolute atomic E-state index is 0.317. The van der Waals surface area contributed by atoms with Crippen molar-refractivity contribution in [1.29, 1.82) is 0 Å². The Balaban J connectivity index is 2.36. The highest BCUT2D eigenvalue weighted by Crippen LogP contribution is 2.13. The zero-order chi connectivity index (χ0) is 15.7. The molecule has 8 heteroatoms. The molecular weight excluding hydrogens is 308 g/mol. The second-order valence-corrected chi connectivity index (χ2v) is 6.71. The van der Waals surface area contributed by atoms with Crippen LogP contribution in [0.1, 0.15) is 18.9 Å². The molecule has 0 unspecified atom stereocenters. The van der Waals surface area contributed by atoms with Gasteiger partial charge in [0.1, 0.15) is 5.01 Å². The van der Waals surface area contributed by atoms with Gasteiger partial charge in [-0.15, -0.1) is 17.8 Å². The monoisotopic (exact) mass is 326 g/mol. The van der Waals surface area contributed by atoms with E-state index < -0.39 is 10.5 Å². The van der Waals surface area contributed by atoms with Crippen LogP contribution in [0.25, 0.3) is 0 Å². The molecule has 0 aliphatic carbocycles. The number of thiazole rings is 1. The Labute approximate surface area is 132 Å². The molecule has 1 aromatic rings. The lowest BCUT2D eigenvalue weighted by atomic mass is 10.1. The van der Waals surface area contributed by atoms with E-state index in [1.807, 2.05) is 5.38 Å². The number of nitro groups is 1. The molecule has 0 fully saturated rings. The first kappa shape index (κ1) is 17.3. The molecule has 0 spiro atoms. The topological polar surface area (TPSA) is 80.1 Å². The molecule has 0 bridgehead atoms. The second kappa shape index (κ2) is 8.54. The zero-order valence-electron chi connectivity index (χ0n) is 12.0. The standard InChI is InChI=1S/C13H18N4O2S2/c1-4-13(2,3)16-11(9-17(18)19)14-5-7-20-10-12-15-6-8-21-12/h1,6,8-9,14,16H,5,7,10H2,2-3H3. The third kappa shape index (κ3) is 7.58. The van der Waals surface area contributed by atoms with Gasteiger partial charge in [0.2, 0.25) is 0 Å². The Morgan fingerprint density at radius 2 is 2.48 bits per heavy atom. The highest BCUT2D eigenvalue weighted by atomic mass is 32.2. The van der Waals surface area contributed by atoms with Crippen LogP contribution in [-0.2, 0) is 5.75 Å². The van der Waals surface area contributed by atoms with Crippen LogP contribution in [0.2, 0.25) is 0 Å². The molecule has 1 rings (SSSR count). The van der Waals surface area contributed by atoms with Gasteiger partial charge in [0.25, 0.3) is 6.20 Å². The maximum Gasteiger partial charge on any atom is 0.274 e. The van der Waals surface area contributed by atoms with Gasteiger partial charge in [-0.25, -0.2) is 4.98 Å². The lowest BCUT2D eigenvalue weighted by molar-refractivity contribution is -0.404. The molecule has 0 saturated heterocycles. The number of hydrogen-bond donors (Lipinski definition) is 2. The molecule has 0 aromatic carbocycles. The number of thioether (sulfide) groups is 1. The fourth-order valence-corrected chi connectivity index (χ4v) is 2.90. The van der Waals surface area contributed by atoms with Crippen LogP contribution in [0.3, 0.4) is 0 Å². The van der Waals surface area contributed by atoms with Gasteiger partial charge in [0.05, 0.1) is 10.5 Å². The summed E-state index contributed by atoms with van der Waals surface area (Å²) in [7, 11) is 0. The molecule has 1 aromatic heterocycles. The average molecular weight is 326 g/mol. The molecule has 0 aliphatic rings. The predicted molar refractivity (Wildman–Crippen MR) is 87.4 cm³/mol. The maximum absolute atomic E-state index is 10.6. The molecule has 1 heterocycles. The second-order valence-electron chi connectivity index (χ2n) is 4.63. The smallest absolute Gasteiger partial charge is 0.274 e. The van der Waals surface area contributed by atoms with Gasteiger partial charge >= 0.3 is 0 Å². The van der Waals surface area contributed by atoms with E-state index in [0.29, 0.717) is 12.4 Å². The quantitative estimate of drug-likeness (QED) is 0.313. The van der Waals surface area contributed by atoms with Crippen LogP contribution in [0.5, 0.6) is 0 Å². The molecule has 6 nitrogen and oxygen atoms in total.